The minimum Gasteiger partial charge on any atom is -0.414 e. The highest BCUT2D eigenvalue weighted by Gasteiger charge is 2.41. The number of hydrogen-bond donors (Lipinski definition) is 2. The summed E-state index contributed by atoms with van der Waals surface area (Å²) >= 11 is 0. The van der Waals surface area contributed by atoms with E-state index >= 15 is 0 Å². The first-order chi connectivity index (χ1) is 12.0. The number of fused-ring (bicyclic) bond motifs is 1. The summed E-state index contributed by atoms with van der Waals surface area (Å²) in [7, 11) is -1.90. The Bertz CT molecular complexity index is 804. The van der Waals surface area contributed by atoms with Gasteiger partial charge in [0.1, 0.15) is 17.6 Å². The molecule has 3 heterocycles. The molecule has 4 N–H and O–H groups in total. The third-order valence-electron chi connectivity index (χ3n) is 5.46. The van der Waals surface area contributed by atoms with Crippen LogP contribution in [-0.2, 0) is 9.16 Å². The van der Waals surface area contributed by atoms with Crippen molar-refractivity contribution in [3.05, 3.63) is 12.3 Å². The fourth-order valence-electron chi connectivity index (χ4n) is 2.85. The molecule has 144 valence electrons. The topological polar surface area (TPSA) is 101 Å². The van der Waals surface area contributed by atoms with E-state index in [4.69, 9.17) is 20.6 Å². The third-order valence-corrected chi connectivity index (χ3v) is 9.96. The van der Waals surface area contributed by atoms with Crippen molar-refractivity contribution in [2.24, 2.45) is 0 Å². The van der Waals surface area contributed by atoms with Gasteiger partial charge in [-0.25, -0.2) is 4.39 Å². The second kappa shape index (κ2) is 6.47. The summed E-state index contributed by atoms with van der Waals surface area (Å²) in [6, 6.07) is 1.75. The first-order valence-corrected chi connectivity index (χ1v) is 11.7. The number of anilines is 2. The first kappa shape index (κ1) is 19.1. The van der Waals surface area contributed by atoms with E-state index < -0.39 is 20.7 Å². The number of hydrogen-bond acceptors (Lipinski definition) is 6. The predicted molar refractivity (Wildman–Crippen MR) is 103 cm³/mol. The summed E-state index contributed by atoms with van der Waals surface area (Å²) in [5, 5.41) is 0.735. The molecule has 1 saturated heterocycles. The summed E-state index contributed by atoms with van der Waals surface area (Å²) in [5.74, 6) is 0.332. The normalized spacial score (nSPS) is 24.5. The minimum absolute atomic E-state index is 0.0566. The highest BCUT2D eigenvalue weighted by Crippen LogP contribution is 2.39. The Kier molecular flexibility index (Phi) is 4.74. The molecule has 0 bridgehead atoms. The van der Waals surface area contributed by atoms with Gasteiger partial charge in [-0.1, -0.05) is 20.8 Å². The lowest BCUT2D eigenvalue weighted by Crippen LogP contribution is -2.42. The number of ether oxygens (including phenoxy) is 1. The maximum Gasteiger partial charge on any atom is 0.223 e. The zero-order chi connectivity index (χ0) is 19.3. The smallest absolute Gasteiger partial charge is 0.223 e. The number of halogens is 1. The van der Waals surface area contributed by atoms with Crippen LogP contribution >= 0.6 is 0 Å². The molecule has 0 radical (unpaired) electrons. The van der Waals surface area contributed by atoms with Crippen LogP contribution in [-0.4, -0.2) is 41.7 Å². The van der Waals surface area contributed by atoms with Gasteiger partial charge in [-0.05, 0) is 24.2 Å². The van der Waals surface area contributed by atoms with E-state index in [2.05, 4.69) is 43.8 Å². The van der Waals surface area contributed by atoms with Gasteiger partial charge in [0.15, 0.2) is 14.5 Å². The quantitative estimate of drug-likeness (QED) is 0.789. The van der Waals surface area contributed by atoms with Crippen LogP contribution in [0.3, 0.4) is 0 Å². The molecule has 0 saturated carbocycles. The minimum atomic E-state index is -1.90. The summed E-state index contributed by atoms with van der Waals surface area (Å²) in [6.07, 6.45) is -0.221. The molecular weight excluding hydrogens is 353 g/mol. The summed E-state index contributed by atoms with van der Waals surface area (Å²) in [5.41, 5.74) is 12.0. The summed E-state index contributed by atoms with van der Waals surface area (Å²) in [6.45, 7) is 11.3. The Morgan fingerprint density at radius 2 is 2.04 bits per heavy atom. The van der Waals surface area contributed by atoms with Gasteiger partial charge in [0, 0.05) is 12.6 Å². The van der Waals surface area contributed by atoms with Crippen LogP contribution in [0.4, 0.5) is 16.2 Å². The Balaban J connectivity index is 1.76. The van der Waals surface area contributed by atoms with E-state index in [1.54, 1.807) is 16.8 Å². The van der Waals surface area contributed by atoms with E-state index in [0.717, 1.165) is 0 Å². The van der Waals surface area contributed by atoms with Crippen molar-refractivity contribution >= 4 is 31.1 Å². The average molecular weight is 382 g/mol. The maximum absolute atomic E-state index is 14.7. The first-order valence-electron chi connectivity index (χ1n) is 8.82. The molecule has 2 aromatic heterocycles. The molecule has 3 atom stereocenters. The zero-order valence-corrected chi connectivity index (χ0v) is 17.0. The second-order valence-corrected chi connectivity index (χ2v) is 13.2. The highest BCUT2D eigenvalue weighted by molar-refractivity contribution is 6.74. The molecule has 26 heavy (non-hydrogen) atoms. The van der Waals surface area contributed by atoms with Crippen molar-refractivity contribution in [3.63, 3.8) is 0 Å². The SMILES string of the molecule is CC(C)(C)[Si](C)(C)OC[C@@H]1C[C@H](F)[C@H](n2ccc3c(N)nc(N)nc32)O1. The van der Waals surface area contributed by atoms with Gasteiger partial charge >= 0.3 is 0 Å². The fourth-order valence-corrected chi connectivity index (χ4v) is 3.89. The molecule has 1 aliphatic heterocycles. The van der Waals surface area contributed by atoms with E-state index in [0.29, 0.717) is 17.6 Å². The Morgan fingerprint density at radius 1 is 1.35 bits per heavy atom. The Hall–Kier alpha value is -1.71. The summed E-state index contributed by atoms with van der Waals surface area (Å²) < 4.78 is 28.5. The van der Waals surface area contributed by atoms with Crippen LogP contribution in [0.25, 0.3) is 11.0 Å². The largest absolute Gasteiger partial charge is 0.414 e. The Labute approximate surface area is 154 Å². The van der Waals surface area contributed by atoms with Crippen molar-refractivity contribution in [1.82, 2.24) is 14.5 Å². The second-order valence-electron chi connectivity index (χ2n) is 8.40. The van der Waals surface area contributed by atoms with Crippen LogP contribution in [0, 0.1) is 0 Å². The van der Waals surface area contributed by atoms with Gasteiger partial charge in [0.25, 0.3) is 0 Å². The van der Waals surface area contributed by atoms with E-state index in [1.165, 1.54) is 0 Å². The van der Waals surface area contributed by atoms with Gasteiger partial charge < -0.3 is 25.2 Å². The van der Waals surface area contributed by atoms with E-state index in [9.17, 15) is 4.39 Å². The molecule has 0 aliphatic carbocycles. The van der Waals surface area contributed by atoms with Crippen molar-refractivity contribution < 1.29 is 13.6 Å². The average Bonchev–Trinajstić information content (AvgIpc) is 3.07. The van der Waals surface area contributed by atoms with E-state index in [1.807, 2.05) is 0 Å². The fraction of sp³-hybridized carbons (Fsp3) is 0.647. The van der Waals surface area contributed by atoms with Gasteiger partial charge in [-0.3, -0.25) is 0 Å². The molecule has 7 nitrogen and oxygen atoms in total. The van der Waals surface area contributed by atoms with Crippen molar-refractivity contribution in [1.29, 1.82) is 0 Å². The molecule has 1 aliphatic rings. The highest BCUT2D eigenvalue weighted by atomic mass is 28.4. The molecule has 3 rings (SSSR count). The number of alkyl halides is 1. The van der Waals surface area contributed by atoms with Gasteiger partial charge in [-0.2, -0.15) is 9.97 Å². The van der Waals surface area contributed by atoms with Crippen LogP contribution in [0.15, 0.2) is 12.3 Å². The monoisotopic (exact) mass is 381 g/mol. The van der Waals surface area contributed by atoms with Crippen LogP contribution in [0.1, 0.15) is 33.4 Å². The number of nitrogen functional groups attached to an aromatic ring is 2. The number of nitrogens with zero attached hydrogens (tertiary/aromatic N) is 3. The van der Waals surface area contributed by atoms with Crippen LogP contribution in [0.2, 0.25) is 18.1 Å². The van der Waals surface area contributed by atoms with Gasteiger partial charge in [0.05, 0.1) is 18.1 Å². The number of nitrogens with two attached hydrogens (primary N) is 2. The lowest BCUT2D eigenvalue weighted by molar-refractivity contribution is -0.0328. The van der Waals surface area contributed by atoms with Crippen LogP contribution in [0.5, 0.6) is 0 Å². The molecule has 0 unspecified atom stereocenters. The maximum atomic E-state index is 14.7. The third kappa shape index (κ3) is 3.43. The van der Waals surface area contributed by atoms with Crippen molar-refractivity contribution in [3.8, 4) is 0 Å². The standard InChI is InChI=1S/C17H28FN5O2Si/c1-17(2,3)26(4,5)24-9-10-8-12(18)15(25-10)23-7-6-11-13(19)21-16(20)22-14(11)23/h6-7,10,12,15H,8-9H2,1-5H3,(H4,19,20,21,22)/t10-,12-,15+/m0/s1. The van der Waals surface area contributed by atoms with Gasteiger partial charge in [-0.15, -0.1) is 0 Å². The van der Waals surface area contributed by atoms with Crippen molar-refractivity contribution in [2.45, 2.75) is 63.8 Å². The molecular formula is C17H28FN5O2Si. The predicted octanol–water partition coefficient (Wildman–Crippen LogP) is 3.24. The van der Waals surface area contributed by atoms with Crippen LogP contribution < -0.4 is 11.5 Å². The zero-order valence-electron chi connectivity index (χ0n) is 16.0. The van der Waals surface area contributed by atoms with Crippen molar-refractivity contribution in [2.75, 3.05) is 18.1 Å². The lowest BCUT2D eigenvalue weighted by Gasteiger charge is -2.36. The number of rotatable bonds is 4. The molecule has 0 spiro atoms. The van der Waals surface area contributed by atoms with E-state index in [-0.39, 0.29) is 29.3 Å². The lowest BCUT2D eigenvalue weighted by atomic mass is 10.2. The Morgan fingerprint density at radius 3 is 2.69 bits per heavy atom. The molecule has 2 aromatic rings. The van der Waals surface area contributed by atoms with Gasteiger partial charge in [0.2, 0.25) is 5.95 Å². The number of aromatic nitrogens is 3. The molecule has 9 heteroatoms. The molecule has 1 fully saturated rings. The molecule has 0 aromatic carbocycles. The summed E-state index contributed by atoms with van der Waals surface area (Å²) in [4.78, 5) is 8.13. The molecule has 0 amide bonds.